The highest BCUT2D eigenvalue weighted by Gasteiger charge is 2.35. The van der Waals surface area contributed by atoms with Crippen LogP contribution < -0.4 is 0 Å². The summed E-state index contributed by atoms with van der Waals surface area (Å²) in [6.07, 6.45) is 2.20. The van der Waals surface area contributed by atoms with E-state index >= 15 is 0 Å². The maximum Gasteiger partial charge on any atom is 0.223 e. The molecule has 2 aliphatic heterocycles. The number of aliphatic hydroxyl groups excluding tert-OH is 1. The van der Waals surface area contributed by atoms with Gasteiger partial charge in [0.25, 0.3) is 0 Å². The van der Waals surface area contributed by atoms with Crippen molar-refractivity contribution in [1.29, 1.82) is 0 Å². The molecule has 1 amide bonds. The van der Waals surface area contributed by atoms with E-state index < -0.39 is 10.8 Å². The van der Waals surface area contributed by atoms with E-state index in [4.69, 9.17) is 5.11 Å². The van der Waals surface area contributed by atoms with Gasteiger partial charge in [-0.3, -0.25) is 9.00 Å². The fraction of sp³-hybridized carbons (Fsp3) is 0.900. The third-order valence-electron chi connectivity index (χ3n) is 3.29. The van der Waals surface area contributed by atoms with Crippen LogP contribution in [0.5, 0.6) is 0 Å². The number of aliphatic hydroxyl groups is 1. The Morgan fingerprint density at radius 2 is 2.07 bits per heavy atom. The van der Waals surface area contributed by atoms with Crippen LogP contribution in [0.3, 0.4) is 0 Å². The molecule has 0 radical (unpaired) electrons. The van der Waals surface area contributed by atoms with E-state index in [9.17, 15) is 9.00 Å². The Balaban J connectivity index is 1.93. The number of rotatable bonds is 2. The molecule has 15 heavy (non-hydrogen) atoms. The minimum absolute atomic E-state index is 0.0981. The predicted octanol–water partition coefficient (Wildman–Crippen LogP) is -0.262. The van der Waals surface area contributed by atoms with Crippen molar-refractivity contribution in [3.8, 4) is 0 Å². The van der Waals surface area contributed by atoms with Crippen molar-refractivity contribution in [3.05, 3.63) is 0 Å². The molecule has 0 aromatic rings. The van der Waals surface area contributed by atoms with E-state index in [2.05, 4.69) is 0 Å². The van der Waals surface area contributed by atoms with Crippen molar-refractivity contribution in [2.75, 3.05) is 24.7 Å². The largest absolute Gasteiger partial charge is 0.396 e. The summed E-state index contributed by atoms with van der Waals surface area (Å²) < 4.78 is 11.2. The lowest BCUT2D eigenvalue weighted by Crippen LogP contribution is -2.41. The lowest BCUT2D eigenvalue weighted by atomic mass is 10.1. The van der Waals surface area contributed by atoms with Gasteiger partial charge in [0.15, 0.2) is 0 Å². The second kappa shape index (κ2) is 4.61. The van der Waals surface area contributed by atoms with Crippen LogP contribution in [0.1, 0.15) is 19.3 Å². The summed E-state index contributed by atoms with van der Waals surface area (Å²) >= 11 is 0. The first-order valence-electron chi connectivity index (χ1n) is 5.46. The van der Waals surface area contributed by atoms with Gasteiger partial charge in [0.2, 0.25) is 5.91 Å². The highest BCUT2D eigenvalue weighted by atomic mass is 32.2. The van der Waals surface area contributed by atoms with Crippen LogP contribution in [0.2, 0.25) is 0 Å². The number of carbonyl (C=O) groups excluding carboxylic acids is 1. The smallest absolute Gasteiger partial charge is 0.223 e. The molecule has 2 fully saturated rings. The van der Waals surface area contributed by atoms with Crippen LogP contribution in [0, 0.1) is 5.92 Å². The maximum absolute atomic E-state index is 11.7. The molecule has 2 aliphatic rings. The third-order valence-corrected chi connectivity index (χ3v) is 4.68. The van der Waals surface area contributed by atoms with Gasteiger partial charge in [0, 0.05) is 53.8 Å². The van der Waals surface area contributed by atoms with Gasteiger partial charge in [0.05, 0.1) is 0 Å². The Bertz CT molecular complexity index is 272. The number of carbonyl (C=O) groups is 1. The highest BCUT2D eigenvalue weighted by Crippen LogP contribution is 2.24. The van der Waals surface area contributed by atoms with Crippen molar-refractivity contribution in [2.45, 2.75) is 25.3 Å². The van der Waals surface area contributed by atoms with Crippen molar-refractivity contribution in [3.63, 3.8) is 0 Å². The van der Waals surface area contributed by atoms with E-state index in [1.165, 1.54) is 0 Å². The van der Waals surface area contributed by atoms with Gasteiger partial charge in [-0.25, -0.2) is 0 Å². The van der Waals surface area contributed by atoms with Crippen molar-refractivity contribution in [1.82, 2.24) is 4.90 Å². The first kappa shape index (κ1) is 11.1. The maximum atomic E-state index is 11.7. The van der Waals surface area contributed by atoms with Gasteiger partial charge < -0.3 is 10.0 Å². The van der Waals surface area contributed by atoms with Gasteiger partial charge in [-0.05, 0) is 12.8 Å². The molecular formula is C10H17NO3S. The summed E-state index contributed by atoms with van der Waals surface area (Å²) in [6.45, 7) is 0.785. The summed E-state index contributed by atoms with van der Waals surface area (Å²) in [6, 6.07) is 0.270. The number of likely N-dealkylation sites (tertiary alicyclic amines) is 1. The molecule has 0 aromatic heterocycles. The third kappa shape index (κ3) is 2.39. The quantitative estimate of drug-likeness (QED) is 0.712. The SMILES string of the molecule is O=C1CC(CO)CN1C1CCS(=O)CC1. The lowest BCUT2D eigenvalue weighted by Gasteiger charge is -2.30. The number of amides is 1. The molecule has 2 heterocycles. The Labute approximate surface area is 92.1 Å². The Hall–Kier alpha value is -0.420. The second-order valence-electron chi connectivity index (χ2n) is 4.38. The van der Waals surface area contributed by atoms with Crippen molar-refractivity contribution in [2.24, 2.45) is 5.92 Å². The highest BCUT2D eigenvalue weighted by molar-refractivity contribution is 7.85. The van der Waals surface area contributed by atoms with Gasteiger partial charge in [-0.2, -0.15) is 0 Å². The van der Waals surface area contributed by atoms with Gasteiger partial charge in [-0.15, -0.1) is 0 Å². The number of hydrogen-bond acceptors (Lipinski definition) is 3. The molecule has 2 saturated heterocycles. The van der Waals surface area contributed by atoms with Crippen LogP contribution in [-0.4, -0.2) is 50.8 Å². The average molecular weight is 231 g/mol. The standard InChI is InChI=1S/C10H17NO3S/c12-7-8-5-10(13)11(6-8)9-1-3-15(14)4-2-9/h8-9,12H,1-7H2. The molecule has 86 valence electrons. The molecule has 0 bridgehead atoms. The van der Waals surface area contributed by atoms with E-state index in [1.807, 2.05) is 4.90 Å². The summed E-state index contributed by atoms with van der Waals surface area (Å²) in [5.74, 6) is 1.72. The first-order valence-corrected chi connectivity index (χ1v) is 6.95. The van der Waals surface area contributed by atoms with Gasteiger partial charge >= 0.3 is 0 Å². The fourth-order valence-electron chi connectivity index (χ4n) is 2.38. The molecule has 0 aromatic carbocycles. The topological polar surface area (TPSA) is 57.6 Å². The molecular weight excluding hydrogens is 214 g/mol. The molecule has 1 atom stereocenters. The summed E-state index contributed by atoms with van der Waals surface area (Å²) in [4.78, 5) is 13.5. The predicted molar refractivity (Wildman–Crippen MR) is 57.8 cm³/mol. The minimum atomic E-state index is -0.670. The summed E-state index contributed by atoms with van der Waals surface area (Å²) in [7, 11) is -0.670. The molecule has 5 heteroatoms. The van der Waals surface area contributed by atoms with Gasteiger partial charge in [-0.1, -0.05) is 0 Å². The minimum Gasteiger partial charge on any atom is -0.396 e. The Morgan fingerprint density at radius 3 is 2.60 bits per heavy atom. The molecule has 1 N–H and O–H groups in total. The van der Waals surface area contributed by atoms with Crippen LogP contribution in [-0.2, 0) is 15.6 Å². The number of nitrogens with zero attached hydrogens (tertiary/aromatic N) is 1. The number of hydrogen-bond donors (Lipinski definition) is 1. The molecule has 2 rings (SSSR count). The molecule has 0 aliphatic carbocycles. The van der Waals surface area contributed by atoms with Crippen LogP contribution in [0.15, 0.2) is 0 Å². The normalized spacial score (nSPS) is 37.3. The van der Waals surface area contributed by atoms with Crippen LogP contribution in [0.25, 0.3) is 0 Å². The van der Waals surface area contributed by atoms with E-state index in [-0.39, 0.29) is 24.5 Å². The molecule has 1 unspecified atom stereocenters. The lowest BCUT2D eigenvalue weighted by molar-refractivity contribution is -0.129. The zero-order valence-electron chi connectivity index (χ0n) is 8.72. The first-order chi connectivity index (χ1) is 7.20. The Kier molecular flexibility index (Phi) is 3.41. The monoisotopic (exact) mass is 231 g/mol. The molecule has 4 nitrogen and oxygen atoms in total. The average Bonchev–Trinajstić information content (AvgIpc) is 2.61. The molecule has 0 saturated carbocycles. The van der Waals surface area contributed by atoms with Crippen molar-refractivity contribution >= 4 is 16.7 Å². The van der Waals surface area contributed by atoms with E-state index in [0.29, 0.717) is 13.0 Å². The van der Waals surface area contributed by atoms with E-state index in [1.54, 1.807) is 0 Å². The zero-order chi connectivity index (χ0) is 10.8. The summed E-state index contributed by atoms with van der Waals surface area (Å²) in [5, 5.41) is 9.01. The summed E-state index contributed by atoms with van der Waals surface area (Å²) in [5.41, 5.74) is 0. The zero-order valence-corrected chi connectivity index (χ0v) is 9.54. The van der Waals surface area contributed by atoms with Crippen LogP contribution in [0.4, 0.5) is 0 Å². The van der Waals surface area contributed by atoms with E-state index in [0.717, 1.165) is 24.3 Å². The van der Waals surface area contributed by atoms with Gasteiger partial charge in [0.1, 0.15) is 0 Å². The van der Waals surface area contributed by atoms with Crippen molar-refractivity contribution < 1.29 is 14.1 Å². The molecule has 0 spiro atoms. The Morgan fingerprint density at radius 1 is 1.40 bits per heavy atom. The second-order valence-corrected chi connectivity index (χ2v) is 6.07. The van der Waals surface area contributed by atoms with Crippen LogP contribution >= 0.6 is 0 Å². The fourth-order valence-corrected chi connectivity index (χ4v) is 3.65.